The second-order valence-corrected chi connectivity index (χ2v) is 9.50. The number of aromatic amines is 1. The van der Waals surface area contributed by atoms with Crippen molar-refractivity contribution in [1.29, 1.82) is 0 Å². The summed E-state index contributed by atoms with van der Waals surface area (Å²) in [6.07, 6.45) is 1.08. The average Bonchev–Trinajstić information content (AvgIpc) is 3.23. The van der Waals surface area contributed by atoms with Gasteiger partial charge in [0.15, 0.2) is 11.6 Å². The van der Waals surface area contributed by atoms with Crippen molar-refractivity contribution in [3.8, 4) is 22.4 Å². The van der Waals surface area contributed by atoms with E-state index in [0.29, 0.717) is 5.56 Å². The number of nitrogens with one attached hydrogen (secondary N) is 2. The molecule has 0 unspecified atom stereocenters. The lowest BCUT2D eigenvalue weighted by Gasteiger charge is -2.31. The molecule has 36 heavy (non-hydrogen) atoms. The van der Waals surface area contributed by atoms with Gasteiger partial charge < -0.3 is 15.4 Å². The van der Waals surface area contributed by atoms with Crippen LogP contribution in [0.15, 0.2) is 48.7 Å². The van der Waals surface area contributed by atoms with Crippen molar-refractivity contribution >= 4 is 28.4 Å². The van der Waals surface area contributed by atoms with Gasteiger partial charge in [-0.25, -0.2) is 23.0 Å². The first kappa shape index (κ1) is 24.8. The monoisotopic (exact) mass is 492 g/mol. The number of anilines is 1. The molecule has 6 nitrogen and oxygen atoms in total. The van der Waals surface area contributed by atoms with Crippen molar-refractivity contribution in [2.24, 2.45) is 5.41 Å². The minimum atomic E-state index is -1.08. The van der Waals surface area contributed by atoms with Gasteiger partial charge in [0, 0.05) is 34.8 Å². The van der Waals surface area contributed by atoms with Crippen LogP contribution in [0.25, 0.3) is 38.1 Å². The van der Waals surface area contributed by atoms with Crippen LogP contribution < -0.4 is 5.32 Å². The standard InChI is InChI=1S/C27H23F3N4O2/c1-27(2,3)19(12-20(35)36)33-26-22(30)21(14-8-6-5-7-9-14)25(31-4)24(34-26)17-13-32-23-16(17)10-15(28)11-18(23)29/h5-11,13,19,32H,12H2,1-3H3,(H,33,34)(H,35,36)/t19-/m1/s1. The summed E-state index contributed by atoms with van der Waals surface area (Å²) in [6, 6.07) is 9.52. The molecule has 2 aromatic heterocycles. The predicted octanol–water partition coefficient (Wildman–Crippen LogP) is 7.17. The molecule has 2 heterocycles. The maximum Gasteiger partial charge on any atom is 0.305 e. The van der Waals surface area contributed by atoms with E-state index in [4.69, 9.17) is 6.57 Å². The van der Waals surface area contributed by atoms with E-state index in [1.165, 1.54) is 6.20 Å². The molecule has 3 N–H and O–H groups in total. The van der Waals surface area contributed by atoms with Crippen LogP contribution in [0.3, 0.4) is 0 Å². The number of halogens is 3. The fourth-order valence-corrected chi connectivity index (χ4v) is 4.08. The molecular weight excluding hydrogens is 469 g/mol. The highest BCUT2D eigenvalue weighted by Crippen LogP contribution is 2.44. The fraction of sp³-hybridized carbons (Fsp3) is 0.222. The molecular formula is C27H23F3N4O2. The Morgan fingerprint density at radius 1 is 1.19 bits per heavy atom. The Hall–Kier alpha value is -4.32. The number of carbonyl (C=O) groups is 1. The molecule has 0 aliphatic carbocycles. The van der Waals surface area contributed by atoms with Crippen molar-refractivity contribution in [3.05, 3.63) is 77.5 Å². The van der Waals surface area contributed by atoms with Crippen LogP contribution in [-0.4, -0.2) is 27.1 Å². The third-order valence-electron chi connectivity index (χ3n) is 5.98. The quantitative estimate of drug-likeness (QED) is 0.249. The first-order valence-corrected chi connectivity index (χ1v) is 11.1. The van der Waals surface area contributed by atoms with E-state index in [2.05, 4.69) is 20.1 Å². The number of nitrogens with zero attached hydrogens (tertiary/aromatic N) is 2. The van der Waals surface area contributed by atoms with Crippen LogP contribution in [-0.2, 0) is 4.79 Å². The number of carboxylic acids is 1. The number of H-pyrrole nitrogens is 1. The Bertz CT molecular complexity index is 1500. The molecule has 2 aromatic carbocycles. The van der Waals surface area contributed by atoms with Crippen molar-refractivity contribution in [1.82, 2.24) is 9.97 Å². The van der Waals surface area contributed by atoms with Gasteiger partial charge in [-0.1, -0.05) is 51.1 Å². The minimum absolute atomic E-state index is 0.00647. The first-order valence-electron chi connectivity index (χ1n) is 11.1. The Labute approximate surface area is 205 Å². The molecule has 1 atom stereocenters. The summed E-state index contributed by atoms with van der Waals surface area (Å²) < 4.78 is 44.5. The summed E-state index contributed by atoms with van der Waals surface area (Å²) >= 11 is 0. The van der Waals surface area contributed by atoms with Gasteiger partial charge in [0.05, 0.1) is 24.2 Å². The van der Waals surface area contributed by atoms with Gasteiger partial charge in [-0.2, -0.15) is 0 Å². The molecule has 0 radical (unpaired) electrons. The van der Waals surface area contributed by atoms with E-state index in [1.54, 1.807) is 30.3 Å². The topological polar surface area (TPSA) is 82.4 Å². The summed E-state index contributed by atoms with van der Waals surface area (Å²) in [5.41, 5.74) is -0.150. The van der Waals surface area contributed by atoms with Gasteiger partial charge in [-0.3, -0.25) is 4.79 Å². The van der Waals surface area contributed by atoms with E-state index in [-0.39, 0.29) is 45.6 Å². The number of hydrogen-bond acceptors (Lipinski definition) is 3. The first-order chi connectivity index (χ1) is 17.0. The maximum atomic E-state index is 16.0. The summed E-state index contributed by atoms with van der Waals surface area (Å²) in [5.74, 6) is -3.80. The van der Waals surface area contributed by atoms with Crippen molar-refractivity contribution in [2.75, 3.05) is 5.32 Å². The third kappa shape index (κ3) is 4.62. The van der Waals surface area contributed by atoms with Gasteiger partial charge in [-0.05, 0) is 17.0 Å². The molecule has 4 rings (SSSR count). The van der Waals surface area contributed by atoms with E-state index in [9.17, 15) is 18.7 Å². The molecule has 0 saturated carbocycles. The highest BCUT2D eigenvalue weighted by molar-refractivity contribution is 6.01. The van der Waals surface area contributed by atoms with Crippen LogP contribution >= 0.6 is 0 Å². The Kier molecular flexibility index (Phi) is 6.46. The summed E-state index contributed by atoms with van der Waals surface area (Å²) in [4.78, 5) is 22.2. The summed E-state index contributed by atoms with van der Waals surface area (Å²) in [6.45, 7) is 13.3. The second-order valence-electron chi connectivity index (χ2n) is 9.50. The van der Waals surface area contributed by atoms with Gasteiger partial charge in [0.2, 0.25) is 5.69 Å². The summed E-state index contributed by atoms with van der Waals surface area (Å²) in [7, 11) is 0. The third-order valence-corrected chi connectivity index (χ3v) is 5.98. The molecule has 0 bridgehead atoms. The number of carboxylic acid groups (broad SMARTS) is 1. The van der Waals surface area contributed by atoms with Crippen LogP contribution in [0.5, 0.6) is 0 Å². The zero-order chi connectivity index (χ0) is 26.2. The van der Waals surface area contributed by atoms with Gasteiger partial charge in [-0.15, -0.1) is 0 Å². The predicted molar refractivity (Wildman–Crippen MR) is 132 cm³/mol. The number of benzene rings is 2. The lowest BCUT2D eigenvalue weighted by atomic mass is 9.84. The molecule has 0 saturated heterocycles. The fourth-order valence-electron chi connectivity index (χ4n) is 4.08. The molecule has 0 aliphatic heterocycles. The Morgan fingerprint density at radius 2 is 1.89 bits per heavy atom. The zero-order valence-electron chi connectivity index (χ0n) is 19.8. The largest absolute Gasteiger partial charge is 0.481 e. The molecule has 0 aliphatic rings. The van der Waals surface area contributed by atoms with Crippen LogP contribution in [0.2, 0.25) is 0 Å². The smallest absolute Gasteiger partial charge is 0.305 e. The maximum absolute atomic E-state index is 16.0. The van der Waals surface area contributed by atoms with E-state index in [1.807, 2.05) is 20.8 Å². The van der Waals surface area contributed by atoms with Gasteiger partial charge in [0.25, 0.3) is 0 Å². The molecule has 0 fully saturated rings. The highest BCUT2D eigenvalue weighted by Gasteiger charge is 2.31. The molecule has 9 heteroatoms. The van der Waals surface area contributed by atoms with Crippen LogP contribution in [0, 0.1) is 29.4 Å². The molecule has 0 spiro atoms. The summed E-state index contributed by atoms with van der Waals surface area (Å²) in [5, 5.41) is 12.5. The van der Waals surface area contributed by atoms with Crippen molar-refractivity contribution in [3.63, 3.8) is 0 Å². The number of aromatic nitrogens is 2. The lowest BCUT2D eigenvalue weighted by Crippen LogP contribution is -2.36. The van der Waals surface area contributed by atoms with E-state index in [0.717, 1.165) is 12.1 Å². The van der Waals surface area contributed by atoms with Crippen molar-refractivity contribution in [2.45, 2.75) is 33.2 Å². The number of fused-ring (bicyclic) bond motifs is 1. The van der Waals surface area contributed by atoms with E-state index < -0.39 is 34.9 Å². The average molecular weight is 493 g/mol. The molecule has 184 valence electrons. The second kappa shape index (κ2) is 9.38. The Balaban J connectivity index is 2.04. The lowest BCUT2D eigenvalue weighted by molar-refractivity contribution is -0.137. The number of hydrogen-bond donors (Lipinski definition) is 3. The van der Waals surface area contributed by atoms with E-state index >= 15 is 4.39 Å². The van der Waals surface area contributed by atoms with Crippen LogP contribution in [0.4, 0.5) is 24.7 Å². The SMILES string of the molecule is [C-]#[N+]c1c(-c2c[nH]c3c(F)cc(F)cc23)nc(N[C@H](CC(=O)O)C(C)(C)C)c(F)c1-c1ccccc1. The highest BCUT2D eigenvalue weighted by atomic mass is 19.1. The number of pyridine rings is 1. The van der Waals surface area contributed by atoms with Gasteiger partial charge >= 0.3 is 5.97 Å². The number of rotatable bonds is 6. The minimum Gasteiger partial charge on any atom is -0.481 e. The Morgan fingerprint density at radius 3 is 2.50 bits per heavy atom. The van der Waals surface area contributed by atoms with Crippen LogP contribution in [0.1, 0.15) is 27.2 Å². The molecule has 4 aromatic rings. The van der Waals surface area contributed by atoms with Gasteiger partial charge in [0.1, 0.15) is 11.6 Å². The number of aliphatic carboxylic acids is 1. The molecule has 0 amide bonds. The normalized spacial score (nSPS) is 12.4. The zero-order valence-corrected chi connectivity index (χ0v) is 19.8. The van der Waals surface area contributed by atoms with Crippen molar-refractivity contribution < 1.29 is 23.1 Å².